The van der Waals surface area contributed by atoms with Crippen LogP contribution in [0, 0.1) is 5.82 Å². The molecule has 0 aliphatic heterocycles. The van der Waals surface area contributed by atoms with Gasteiger partial charge in [-0.2, -0.15) is 12.7 Å². The summed E-state index contributed by atoms with van der Waals surface area (Å²) in [4.78, 5) is 12.6. The van der Waals surface area contributed by atoms with Gasteiger partial charge in [-0.05, 0) is 60.7 Å². The summed E-state index contributed by atoms with van der Waals surface area (Å²) in [7, 11) is -2.65. The number of nitrogens with zero attached hydrogens (tertiary/aromatic N) is 2. The normalized spacial score (nSPS) is 11.6. The summed E-state index contributed by atoms with van der Waals surface area (Å²) in [6.45, 7) is -0.608. The fourth-order valence-electron chi connectivity index (χ4n) is 3.26. The quantitative estimate of drug-likeness (QED) is 0.365. The molecule has 0 unspecified atom stereocenters. The minimum absolute atomic E-state index is 0.0933. The van der Waals surface area contributed by atoms with E-state index in [9.17, 15) is 26.0 Å². The molecule has 38 heavy (non-hydrogen) atoms. The number of sulfonamides is 1. The van der Waals surface area contributed by atoms with E-state index in [-0.39, 0.29) is 27.7 Å². The van der Waals surface area contributed by atoms with Gasteiger partial charge in [0.2, 0.25) is 5.91 Å². The third kappa shape index (κ3) is 6.70. The van der Waals surface area contributed by atoms with Crippen molar-refractivity contribution in [2.75, 3.05) is 49.2 Å². The van der Waals surface area contributed by atoms with Gasteiger partial charge in [0.15, 0.2) is 0 Å². The monoisotopic (exact) mass is 566 g/mol. The first kappa shape index (κ1) is 28.7. The zero-order valence-electron chi connectivity index (χ0n) is 21.0. The third-order valence-electron chi connectivity index (χ3n) is 5.24. The zero-order chi connectivity index (χ0) is 28.1. The van der Waals surface area contributed by atoms with Crippen LogP contribution in [0.15, 0.2) is 71.6 Å². The SMILES string of the molecule is COc1ccc(OC)c(NS(=O)(=O)c2ccc(NC(=O)CN(c3ccc(F)cc3)S(=O)(=O)N(C)C)cc2)c1. The first-order chi connectivity index (χ1) is 17.9. The fourth-order valence-corrected chi connectivity index (χ4v) is 5.38. The molecule has 0 radical (unpaired) electrons. The van der Waals surface area contributed by atoms with E-state index in [1.807, 2.05) is 0 Å². The molecule has 0 aliphatic carbocycles. The molecule has 3 rings (SSSR count). The highest BCUT2D eigenvalue weighted by Crippen LogP contribution is 2.31. The Balaban J connectivity index is 1.77. The Morgan fingerprint density at radius 1 is 0.895 bits per heavy atom. The number of hydrogen-bond donors (Lipinski definition) is 2. The number of hydrogen-bond acceptors (Lipinski definition) is 7. The molecule has 11 nitrogen and oxygen atoms in total. The third-order valence-corrected chi connectivity index (χ3v) is 8.44. The molecule has 0 heterocycles. The van der Waals surface area contributed by atoms with E-state index in [2.05, 4.69) is 10.0 Å². The summed E-state index contributed by atoms with van der Waals surface area (Å²) >= 11 is 0. The summed E-state index contributed by atoms with van der Waals surface area (Å²) in [6, 6.07) is 14.6. The van der Waals surface area contributed by atoms with Gasteiger partial charge in [-0.1, -0.05) is 0 Å². The van der Waals surface area contributed by atoms with Crippen LogP contribution in [0.1, 0.15) is 0 Å². The maximum atomic E-state index is 13.3. The maximum absolute atomic E-state index is 13.3. The van der Waals surface area contributed by atoms with Crippen molar-refractivity contribution >= 4 is 43.2 Å². The van der Waals surface area contributed by atoms with E-state index in [0.29, 0.717) is 5.75 Å². The molecule has 1 amide bonds. The maximum Gasteiger partial charge on any atom is 0.304 e. The van der Waals surface area contributed by atoms with Gasteiger partial charge in [-0.15, -0.1) is 0 Å². The van der Waals surface area contributed by atoms with Crippen molar-refractivity contribution in [1.82, 2.24) is 4.31 Å². The number of carbonyl (C=O) groups is 1. The minimum Gasteiger partial charge on any atom is -0.497 e. The average Bonchev–Trinajstić information content (AvgIpc) is 2.87. The lowest BCUT2D eigenvalue weighted by atomic mass is 10.3. The van der Waals surface area contributed by atoms with Crippen LogP contribution in [0.4, 0.5) is 21.5 Å². The highest BCUT2D eigenvalue weighted by Gasteiger charge is 2.27. The van der Waals surface area contributed by atoms with Crippen molar-refractivity contribution in [3.05, 3.63) is 72.5 Å². The van der Waals surface area contributed by atoms with Crippen molar-refractivity contribution in [3.8, 4) is 11.5 Å². The molecule has 0 aromatic heterocycles. The largest absolute Gasteiger partial charge is 0.497 e. The first-order valence-electron chi connectivity index (χ1n) is 11.0. The van der Waals surface area contributed by atoms with Crippen LogP contribution in [0.5, 0.6) is 11.5 Å². The first-order valence-corrected chi connectivity index (χ1v) is 13.9. The second-order valence-corrected chi connectivity index (χ2v) is 11.8. The molecular formula is C24H27FN4O7S2. The lowest BCUT2D eigenvalue weighted by Crippen LogP contribution is -2.44. The molecular weight excluding hydrogens is 539 g/mol. The molecule has 0 atom stereocenters. The van der Waals surface area contributed by atoms with Gasteiger partial charge < -0.3 is 14.8 Å². The molecule has 0 fully saturated rings. The van der Waals surface area contributed by atoms with Crippen LogP contribution in [0.2, 0.25) is 0 Å². The van der Waals surface area contributed by atoms with Gasteiger partial charge in [0.25, 0.3) is 10.0 Å². The number of benzene rings is 3. The number of amides is 1. The van der Waals surface area contributed by atoms with Gasteiger partial charge in [-0.25, -0.2) is 17.1 Å². The highest BCUT2D eigenvalue weighted by molar-refractivity contribution is 7.92. The molecule has 0 saturated carbocycles. The Labute approximate surface area is 221 Å². The van der Waals surface area contributed by atoms with E-state index >= 15 is 0 Å². The van der Waals surface area contributed by atoms with Gasteiger partial charge >= 0.3 is 10.2 Å². The van der Waals surface area contributed by atoms with Crippen molar-refractivity contribution in [2.45, 2.75) is 4.90 Å². The lowest BCUT2D eigenvalue weighted by Gasteiger charge is -2.26. The second-order valence-electron chi connectivity index (χ2n) is 8.02. The van der Waals surface area contributed by atoms with E-state index in [4.69, 9.17) is 9.47 Å². The van der Waals surface area contributed by atoms with Crippen LogP contribution in [-0.2, 0) is 25.0 Å². The number of halogens is 1. The Kier molecular flexibility index (Phi) is 8.81. The highest BCUT2D eigenvalue weighted by atomic mass is 32.2. The Hall–Kier alpha value is -3.88. The van der Waals surface area contributed by atoms with Crippen molar-refractivity contribution in [3.63, 3.8) is 0 Å². The molecule has 0 spiro atoms. The van der Waals surface area contributed by atoms with E-state index in [1.54, 1.807) is 12.1 Å². The van der Waals surface area contributed by atoms with Crippen molar-refractivity contribution in [1.29, 1.82) is 0 Å². The van der Waals surface area contributed by atoms with E-state index < -0.39 is 38.5 Å². The van der Waals surface area contributed by atoms with E-state index in [0.717, 1.165) is 20.7 Å². The summed E-state index contributed by atoms with van der Waals surface area (Å²) in [6.07, 6.45) is 0. The van der Waals surface area contributed by atoms with Crippen molar-refractivity contribution in [2.24, 2.45) is 0 Å². The Morgan fingerprint density at radius 3 is 2.08 bits per heavy atom. The number of methoxy groups -OCH3 is 2. The zero-order valence-corrected chi connectivity index (χ0v) is 22.6. The lowest BCUT2D eigenvalue weighted by molar-refractivity contribution is -0.114. The molecule has 0 bridgehead atoms. The van der Waals surface area contributed by atoms with Crippen LogP contribution in [0.3, 0.4) is 0 Å². The standard InChI is InChI=1S/C24H27FN4O7S2/c1-28(2)38(33,34)29(19-9-5-17(25)6-10-19)16-24(30)26-18-7-12-21(13-8-18)37(31,32)27-22-15-20(35-3)11-14-23(22)36-4/h5-15,27H,16H2,1-4H3,(H,26,30). The van der Waals surface area contributed by atoms with Crippen LogP contribution in [0.25, 0.3) is 0 Å². The molecule has 0 saturated heterocycles. The smallest absolute Gasteiger partial charge is 0.304 e. The predicted octanol–water partition coefficient (Wildman–Crippen LogP) is 2.90. The molecule has 2 N–H and O–H groups in total. The minimum atomic E-state index is -4.08. The van der Waals surface area contributed by atoms with Crippen LogP contribution in [-0.4, -0.2) is 61.9 Å². The van der Waals surface area contributed by atoms with Crippen molar-refractivity contribution < 1.29 is 35.5 Å². The van der Waals surface area contributed by atoms with Gasteiger partial charge in [0.1, 0.15) is 23.9 Å². The number of anilines is 3. The van der Waals surface area contributed by atoms with Crippen LogP contribution < -0.4 is 23.8 Å². The van der Waals surface area contributed by atoms with Gasteiger partial charge in [-0.3, -0.25) is 9.52 Å². The molecule has 204 valence electrons. The summed E-state index contributed by atoms with van der Waals surface area (Å²) in [5.74, 6) is -0.548. The van der Waals surface area contributed by atoms with E-state index in [1.165, 1.54) is 70.8 Å². The van der Waals surface area contributed by atoms with Gasteiger partial charge in [0.05, 0.1) is 30.5 Å². The topological polar surface area (TPSA) is 134 Å². The fraction of sp³-hybridized carbons (Fsp3) is 0.208. The second kappa shape index (κ2) is 11.7. The Bertz CT molecular complexity index is 1500. The number of nitrogens with one attached hydrogen (secondary N) is 2. The molecule has 3 aromatic rings. The molecule has 14 heteroatoms. The van der Waals surface area contributed by atoms with Crippen LogP contribution >= 0.6 is 0 Å². The summed E-state index contributed by atoms with van der Waals surface area (Å²) in [5, 5.41) is 2.54. The Morgan fingerprint density at radius 2 is 1.53 bits per heavy atom. The molecule has 0 aliphatic rings. The number of ether oxygens (including phenoxy) is 2. The summed E-state index contributed by atoms with van der Waals surface area (Å²) < 4.78 is 79.2. The summed E-state index contributed by atoms with van der Waals surface area (Å²) in [5.41, 5.74) is 0.497. The average molecular weight is 567 g/mol. The predicted molar refractivity (Wildman–Crippen MR) is 142 cm³/mol. The number of rotatable bonds is 11. The molecule has 3 aromatic carbocycles. The number of carbonyl (C=O) groups excluding carboxylic acids is 1. The van der Waals surface area contributed by atoms with Gasteiger partial charge in [0, 0.05) is 25.8 Å².